The fraction of sp³-hybridized carbons (Fsp3) is 0.800. The fourth-order valence-corrected chi connectivity index (χ4v) is 1.03. The number of aliphatic carboxylic acids is 1. The number of carboxylic acid groups (broad SMARTS) is 1. The van der Waals surface area contributed by atoms with Crippen molar-refractivity contribution in [2.24, 2.45) is 5.92 Å². The zero-order valence-corrected chi connectivity index (χ0v) is 9.48. The summed E-state index contributed by atoms with van der Waals surface area (Å²) in [5.74, 6) is -2.92. The first-order valence-electron chi connectivity index (χ1n) is 4.76. The first-order valence-corrected chi connectivity index (χ1v) is 4.76. The molecule has 0 spiro atoms. The molecule has 5 heteroatoms. The number of aliphatic hydroxyl groups excluding tert-OH is 1. The molecular formula is C10H18O5. The lowest BCUT2D eigenvalue weighted by molar-refractivity contribution is -0.162. The van der Waals surface area contributed by atoms with Crippen LogP contribution in [0.5, 0.6) is 0 Å². The Morgan fingerprint density at radius 1 is 1.33 bits per heavy atom. The van der Waals surface area contributed by atoms with Gasteiger partial charge in [0.15, 0.2) is 0 Å². The number of carbonyl (C=O) groups is 2. The van der Waals surface area contributed by atoms with Crippen LogP contribution in [0.1, 0.15) is 34.1 Å². The molecule has 0 unspecified atom stereocenters. The summed E-state index contributed by atoms with van der Waals surface area (Å²) in [6.07, 6.45) is -1.39. The lowest BCUT2D eigenvalue weighted by Crippen LogP contribution is -2.31. The maximum atomic E-state index is 11.3. The summed E-state index contributed by atoms with van der Waals surface area (Å²) in [5, 5.41) is 17.9. The molecule has 0 aromatic rings. The monoisotopic (exact) mass is 218 g/mol. The fourth-order valence-electron chi connectivity index (χ4n) is 1.03. The van der Waals surface area contributed by atoms with Crippen molar-refractivity contribution in [3.8, 4) is 0 Å². The highest BCUT2D eigenvalue weighted by atomic mass is 16.6. The quantitative estimate of drug-likeness (QED) is 0.682. The lowest BCUT2D eigenvalue weighted by Gasteiger charge is -2.21. The molecule has 0 aliphatic heterocycles. The second kappa shape index (κ2) is 5.11. The van der Waals surface area contributed by atoms with Crippen LogP contribution in [0.4, 0.5) is 0 Å². The maximum absolute atomic E-state index is 11.3. The van der Waals surface area contributed by atoms with Gasteiger partial charge >= 0.3 is 11.9 Å². The van der Waals surface area contributed by atoms with E-state index in [0.29, 0.717) is 0 Å². The van der Waals surface area contributed by atoms with Crippen molar-refractivity contribution in [3.63, 3.8) is 0 Å². The minimum Gasteiger partial charge on any atom is -0.481 e. The lowest BCUT2D eigenvalue weighted by atomic mass is 10.00. The molecule has 0 saturated heterocycles. The zero-order chi connectivity index (χ0) is 12.2. The minimum absolute atomic E-state index is 0.315. The van der Waals surface area contributed by atoms with Gasteiger partial charge in [-0.05, 0) is 27.7 Å². The van der Waals surface area contributed by atoms with E-state index in [1.54, 1.807) is 20.8 Å². The van der Waals surface area contributed by atoms with E-state index in [2.05, 4.69) is 0 Å². The summed E-state index contributed by atoms with van der Waals surface area (Å²) in [6.45, 7) is 6.43. The normalized spacial score (nSPS) is 15.5. The van der Waals surface area contributed by atoms with Gasteiger partial charge in [0.1, 0.15) is 5.60 Å². The molecule has 0 rings (SSSR count). The summed E-state index contributed by atoms with van der Waals surface area (Å²) >= 11 is 0. The number of hydrogen-bond donors (Lipinski definition) is 2. The molecule has 0 heterocycles. The first kappa shape index (κ1) is 13.9. The Hall–Kier alpha value is -1.10. The average Bonchev–Trinajstić information content (AvgIpc) is 1.95. The summed E-state index contributed by atoms with van der Waals surface area (Å²) < 4.78 is 4.96. The van der Waals surface area contributed by atoms with Crippen molar-refractivity contribution in [1.82, 2.24) is 0 Å². The van der Waals surface area contributed by atoms with Gasteiger partial charge in [-0.2, -0.15) is 0 Å². The van der Waals surface area contributed by atoms with E-state index in [1.807, 2.05) is 0 Å². The van der Waals surface area contributed by atoms with Crippen LogP contribution in [0.15, 0.2) is 0 Å². The Labute approximate surface area is 89.0 Å². The first-order chi connectivity index (χ1) is 6.63. The highest BCUT2D eigenvalue weighted by molar-refractivity contribution is 5.79. The minimum atomic E-state index is -1.20. The third-order valence-electron chi connectivity index (χ3n) is 1.71. The van der Waals surface area contributed by atoms with Gasteiger partial charge in [-0.25, -0.2) is 0 Å². The Balaban J connectivity index is 4.31. The van der Waals surface area contributed by atoms with Crippen LogP contribution in [0.3, 0.4) is 0 Å². The molecule has 88 valence electrons. The number of carboxylic acids is 1. The summed E-state index contributed by atoms with van der Waals surface area (Å²) in [7, 11) is 0. The Morgan fingerprint density at radius 2 is 1.80 bits per heavy atom. The smallest absolute Gasteiger partial charge is 0.309 e. The van der Waals surface area contributed by atoms with Gasteiger partial charge in [0.2, 0.25) is 0 Å². The standard InChI is InChI=1S/C10H18O5/c1-6(11)7(9(13)14)5-8(12)15-10(2,3)4/h6-7,11H,5H2,1-4H3,(H,13,14)/t6-,7-/m1/s1. The molecule has 0 radical (unpaired) electrons. The molecule has 0 aromatic heterocycles. The van der Waals surface area contributed by atoms with Gasteiger partial charge in [-0.3, -0.25) is 9.59 Å². The van der Waals surface area contributed by atoms with Gasteiger partial charge < -0.3 is 14.9 Å². The van der Waals surface area contributed by atoms with Crippen molar-refractivity contribution in [1.29, 1.82) is 0 Å². The Bertz CT molecular complexity index is 239. The molecule has 0 bridgehead atoms. The number of hydrogen-bond acceptors (Lipinski definition) is 4. The summed E-state index contributed by atoms with van der Waals surface area (Å²) in [4.78, 5) is 22.0. The molecule has 0 aliphatic carbocycles. The van der Waals surface area contributed by atoms with E-state index in [9.17, 15) is 9.59 Å². The van der Waals surface area contributed by atoms with Gasteiger partial charge in [0.25, 0.3) is 0 Å². The van der Waals surface area contributed by atoms with E-state index in [-0.39, 0.29) is 6.42 Å². The largest absolute Gasteiger partial charge is 0.481 e. The molecule has 0 aliphatic rings. The molecule has 0 fully saturated rings. The molecule has 0 saturated carbocycles. The number of ether oxygens (including phenoxy) is 1. The van der Waals surface area contributed by atoms with Gasteiger partial charge in [-0.15, -0.1) is 0 Å². The van der Waals surface area contributed by atoms with Crippen LogP contribution in [0, 0.1) is 5.92 Å². The third kappa shape index (κ3) is 6.06. The molecule has 0 amide bonds. The third-order valence-corrected chi connectivity index (χ3v) is 1.71. The van der Waals surface area contributed by atoms with E-state index in [4.69, 9.17) is 14.9 Å². The van der Waals surface area contributed by atoms with Crippen LogP contribution in [-0.4, -0.2) is 33.9 Å². The van der Waals surface area contributed by atoms with Gasteiger partial charge in [0.05, 0.1) is 18.4 Å². The summed E-state index contributed by atoms with van der Waals surface area (Å²) in [6, 6.07) is 0. The van der Waals surface area contributed by atoms with Crippen LogP contribution in [0.2, 0.25) is 0 Å². The van der Waals surface area contributed by atoms with Gasteiger partial charge in [0, 0.05) is 0 Å². The second-order valence-corrected chi connectivity index (χ2v) is 4.48. The molecule has 2 atom stereocenters. The van der Waals surface area contributed by atoms with E-state index in [1.165, 1.54) is 6.92 Å². The number of carbonyl (C=O) groups excluding carboxylic acids is 1. The highest BCUT2D eigenvalue weighted by Gasteiger charge is 2.28. The Morgan fingerprint density at radius 3 is 2.07 bits per heavy atom. The van der Waals surface area contributed by atoms with E-state index >= 15 is 0 Å². The molecule has 2 N–H and O–H groups in total. The molecule has 0 aromatic carbocycles. The Kier molecular flexibility index (Phi) is 4.74. The van der Waals surface area contributed by atoms with Crippen molar-refractivity contribution in [2.75, 3.05) is 0 Å². The van der Waals surface area contributed by atoms with E-state index < -0.39 is 29.6 Å². The SMILES string of the molecule is C[C@@H](O)[C@@H](CC(=O)OC(C)(C)C)C(=O)O. The van der Waals surface area contributed by atoms with Crippen molar-refractivity contribution in [3.05, 3.63) is 0 Å². The average molecular weight is 218 g/mol. The molecule has 15 heavy (non-hydrogen) atoms. The number of esters is 1. The van der Waals surface area contributed by atoms with Crippen molar-refractivity contribution in [2.45, 2.75) is 45.8 Å². The maximum Gasteiger partial charge on any atom is 0.309 e. The zero-order valence-electron chi connectivity index (χ0n) is 9.48. The van der Waals surface area contributed by atoms with Crippen LogP contribution >= 0.6 is 0 Å². The number of aliphatic hydroxyl groups is 1. The van der Waals surface area contributed by atoms with Crippen LogP contribution < -0.4 is 0 Å². The molecular weight excluding hydrogens is 200 g/mol. The predicted molar refractivity (Wildman–Crippen MR) is 53.3 cm³/mol. The topological polar surface area (TPSA) is 83.8 Å². The second-order valence-electron chi connectivity index (χ2n) is 4.48. The number of rotatable bonds is 4. The van der Waals surface area contributed by atoms with Gasteiger partial charge in [-0.1, -0.05) is 0 Å². The van der Waals surface area contributed by atoms with Crippen LogP contribution in [0.25, 0.3) is 0 Å². The van der Waals surface area contributed by atoms with Crippen LogP contribution in [-0.2, 0) is 14.3 Å². The van der Waals surface area contributed by atoms with E-state index in [0.717, 1.165) is 0 Å². The summed E-state index contributed by atoms with van der Waals surface area (Å²) in [5.41, 5.74) is -0.640. The molecule has 5 nitrogen and oxygen atoms in total. The van der Waals surface area contributed by atoms with Crippen molar-refractivity contribution < 1.29 is 24.5 Å². The predicted octanol–water partition coefficient (Wildman–Crippen LogP) is 0.800. The highest BCUT2D eigenvalue weighted by Crippen LogP contribution is 2.14. The van der Waals surface area contributed by atoms with Crippen molar-refractivity contribution >= 4 is 11.9 Å².